The Hall–Kier alpha value is -1.62. The Balaban J connectivity index is 1.65. The van der Waals surface area contributed by atoms with Crippen molar-refractivity contribution in [3.05, 3.63) is 29.0 Å². The molecule has 2 aliphatic rings. The van der Waals surface area contributed by atoms with Crippen molar-refractivity contribution < 1.29 is 9.59 Å². The number of carbonyl (C=O) groups is 2. The lowest BCUT2D eigenvalue weighted by Crippen LogP contribution is -2.44. The monoisotopic (exact) mass is 321 g/mol. The molecule has 118 valence electrons. The van der Waals surface area contributed by atoms with E-state index in [0.29, 0.717) is 30.4 Å². The van der Waals surface area contributed by atoms with Crippen molar-refractivity contribution in [3.63, 3.8) is 0 Å². The lowest BCUT2D eigenvalue weighted by Gasteiger charge is -2.38. The van der Waals surface area contributed by atoms with Crippen molar-refractivity contribution in [2.24, 2.45) is 5.41 Å². The summed E-state index contributed by atoms with van der Waals surface area (Å²) in [7, 11) is 0. The van der Waals surface area contributed by atoms with E-state index in [1.54, 1.807) is 18.2 Å². The van der Waals surface area contributed by atoms with Crippen LogP contribution in [0.4, 0.5) is 0 Å². The summed E-state index contributed by atoms with van der Waals surface area (Å²) in [6, 6.07) is 5.09. The molecule has 22 heavy (non-hydrogen) atoms. The van der Waals surface area contributed by atoms with Crippen molar-refractivity contribution in [1.82, 2.24) is 14.8 Å². The summed E-state index contributed by atoms with van der Waals surface area (Å²) < 4.78 is 0. The van der Waals surface area contributed by atoms with Gasteiger partial charge in [0.05, 0.1) is 0 Å². The van der Waals surface area contributed by atoms with E-state index in [-0.39, 0.29) is 17.2 Å². The molecule has 0 unspecified atom stereocenters. The number of likely N-dealkylation sites (tertiary alicyclic amines) is 2. The molecule has 3 heterocycles. The van der Waals surface area contributed by atoms with Crippen molar-refractivity contribution in [2.45, 2.75) is 26.2 Å². The molecular weight excluding hydrogens is 302 g/mol. The van der Waals surface area contributed by atoms with E-state index in [9.17, 15) is 9.59 Å². The molecule has 6 heteroatoms. The van der Waals surface area contributed by atoms with E-state index in [0.717, 1.165) is 25.9 Å². The Labute approximate surface area is 135 Å². The molecular formula is C16H20ClN3O2. The topological polar surface area (TPSA) is 53.5 Å². The van der Waals surface area contributed by atoms with Gasteiger partial charge in [0.2, 0.25) is 5.91 Å². The highest BCUT2D eigenvalue weighted by Crippen LogP contribution is 2.41. The van der Waals surface area contributed by atoms with Crippen LogP contribution in [0.5, 0.6) is 0 Å². The minimum Gasteiger partial charge on any atom is -0.342 e. The molecule has 0 aromatic carbocycles. The molecule has 2 aliphatic heterocycles. The molecule has 1 spiro atoms. The first kappa shape index (κ1) is 15.3. The van der Waals surface area contributed by atoms with Crippen LogP contribution in [-0.2, 0) is 4.79 Å². The summed E-state index contributed by atoms with van der Waals surface area (Å²) in [6.45, 7) is 4.98. The van der Waals surface area contributed by atoms with Crippen molar-refractivity contribution in [1.29, 1.82) is 0 Å². The second kappa shape index (κ2) is 5.88. The van der Waals surface area contributed by atoms with Crippen molar-refractivity contribution >= 4 is 23.4 Å². The van der Waals surface area contributed by atoms with Gasteiger partial charge in [0, 0.05) is 38.0 Å². The van der Waals surface area contributed by atoms with Crippen LogP contribution in [0.25, 0.3) is 0 Å². The molecule has 2 saturated heterocycles. The molecule has 2 fully saturated rings. The number of piperidine rings is 1. The van der Waals surface area contributed by atoms with Crippen LogP contribution in [0.1, 0.15) is 36.7 Å². The number of rotatable bonds is 2. The van der Waals surface area contributed by atoms with Gasteiger partial charge in [-0.15, -0.1) is 0 Å². The molecule has 1 aromatic heterocycles. The normalized spacial score (nSPS) is 20.7. The summed E-state index contributed by atoms with van der Waals surface area (Å²) >= 11 is 5.85. The average Bonchev–Trinajstić information content (AvgIpc) is 2.83. The second-order valence-electron chi connectivity index (χ2n) is 6.22. The molecule has 0 aliphatic carbocycles. The SMILES string of the molecule is CCN1CC2(CCN(C(=O)c3cccc(Cl)n3)CC2)CC1=O. The number of halogens is 1. The minimum absolute atomic E-state index is 0.0611. The van der Waals surface area contributed by atoms with Gasteiger partial charge in [-0.3, -0.25) is 9.59 Å². The quantitative estimate of drug-likeness (QED) is 0.785. The van der Waals surface area contributed by atoms with Gasteiger partial charge in [-0.2, -0.15) is 0 Å². The largest absolute Gasteiger partial charge is 0.342 e. The molecule has 0 bridgehead atoms. The smallest absolute Gasteiger partial charge is 0.272 e. The van der Waals surface area contributed by atoms with E-state index in [1.165, 1.54) is 0 Å². The molecule has 0 atom stereocenters. The van der Waals surface area contributed by atoms with Crippen LogP contribution in [-0.4, -0.2) is 52.8 Å². The van der Waals surface area contributed by atoms with E-state index in [1.807, 2.05) is 16.7 Å². The Bertz CT molecular complexity index is 597. The fourth-order valence-electron chi connectivity index (χ4n) is 3.48. The first-order valence-corrected chi connectivity index (χ1v) is 8.10. The van der Waals surface area contributed by atoms with Gasteiger partial charge in [0.15, 0.2) is 0 Å². The van der Waals surface area contributed by atoms with Crippen molar-refractivity contribution in [2.75, 3.05) is 26.2 Å². The van der Waals surface area contributed by atoms with Gasteiger partial charge in [0.25, 0.3) is 5.91 Å². The number of hydrogen-bond acceptors (Lipinski definition) is 3. The van der Waals surface area contributed by atoms with Crippen molar-refractivity contribution in [3.8, 4) is 0 Å². The number of carbonyl (C=O) groups excluding carboxylic acids is 2. The zero-order chi connectivity index (χ0) is 15.7. The highest BCUT2D eigenvalue weighted by molar-refractivity contribution is 6.29. The Morgan fingerprint density at radius 1 is 1.36 bits per heavy atom. The number of aromatic nitrogens is 1. The zero-order valence-electron chi connectivity index (χ0n) is 12.7. The summed E-state index contributed by atoms with van der Waals surface area (Å²) in [5.74, 6) is 0.174. The van der Waals surface area contributed by atoms with Crippen LogP contribution in [0.15, 0.2) is 18.2 Å². The third kappa shape index (κ3) is 2.82. The van der Waals surface area contributed by atoms with Crippen LogP contribution >= 0.6 is 11.6 Å². The van der Waals surface area contributed by atoms with Gasteiger partial charge in [-0.05, 0) is 31.9 Å². The summed E-state index contributed by atoms with van der Waals surface area (Å²) in [5.41, 5.74) is 0.451. The molecule has 3 rings (SSSR count). The van der Waals surface area contributed by atoms with Gasteiger partial charge in [-0.1, -0.05) is 17.7 Å². The van der Waals surface area contributed by atoms with Crippen LogP contribution in [0.2, 0.25) is 5.15 Å². The maximum Gasteiger partial charge on any atom is 0.272 e. The van der Waals surface area contributed by atoms with E-state index >= 15 is 0 Å². The van der Waals surface area contributed by atoms with Gasteiger partial charge < -0.3 is 9.80 Å². The lowest BCUT2D eigenvalue weighted by atomic mass is 9.77. The molecule has 0 radical (unpaired) electrons. The molecule has 0 saturated carbocycles. The fourth-order valence-corrected chi connectivity index (χ4v) is 3.64. The summed E-state index contributed by atoms with van der Waals surface area (Å²) in [6.07, 6.45) is 2.38. The predicted octanol–water partition coefficient (Wildman–Crippen LogP) is 2.21. The van der Waals surface area contributed by atoms with E-state index in [2.05, 4.69) is 4.98 Å². The maximum absolute atomic E-state index is 12.5. The number of hydrogen-bond donors (Lipinski definition) is 0. The van der Waals surface area contributed by atoms with Crippen LogP contribution in [0, 0.1) is 5.41 Å². The molecule has 0 N–H and O–H groups in total. The highest BCUT2D eigenvalue weighted by atomic mass is 35.5. The summed E-state index contributed by atoms with van der Waals surface area (Å²) in [4.78, 5) is 32.3. The standard InChI is InChI=1S/C16H20ClN3O2/c1-2-19-11-16(10-14(19)21)6-8-20(9-7-16)15(22)12-4-3-5-13(17)18-12/h3-5H,2,6-11H2,1H3. The fraction of sp³-hybridized carbons (Fsp3) is 0.562. The summed E-state index contributed by atoms with van der Waals surface area (Å²) in [5, 5.41) is 0.333. The number of pyridine rings is 1. The molecule has 1 aromatic rings. The second-order valence-corrected chi connectivity index (χ2v) is 6.61. The minimum atomic E-state index is -0.0750. The van der Waals surface area contributed by atoms with Gasteiger partial charge in [0.1, 0.15) is 10.8 Å². The molecule has 2 amide bonds. The Kier molecular flexibility index (Phi) is 4.08. The van der Waals surface area contributed by atoms with Crippen LogP contribution in [0.3, 0.4) is 0 Å². The third-order valence-corrected chi connectivity index (χ3v) is 5.04. The zero-order valence-corrected chi connectivity index (χ0v) is 13.5. The van der Waals surface area contributed by atoms with Gasteiger partial charge >= 0.3 is 0 Å². The number of nitrogens with zero attached hydrogens (tertiary/aromatic N) is 3. The first-order chi connectivity index (χ1) is 10.5. The third-order valence-electron chi connectivity index (χ3n) is 4.83. The average molecular weight is 322 g/mol. The highest BCUT2D eigenvalue weighted by Gasteiger charge is 2.44. The molecule has 5 nitrogen and oxygen atoms in total. The van der Waals surface area contributed by atoms with E-state index < -0.39 is 0 Å². The number of amides is 2. The Morgan fingerprint density at radius 2 is 2.09 bits per heavy atom. The van der Waals surface area contributed by atoms with Gasteiger partial charge in [-0.25, -0.2) is 4.98 Å². The maximum atomic E-state index is 12.5. The lowest BCUT2D eigenvalue weighted by molar-refractivity contribution is -0.127. The Morgan fingerprint density at radius 3 is 2.68 bits per heavy atom. The van der Waals surface area contributed by atoms with E-state index in [4.69, 9.17) is 11.6 Å². The predicted molar refractivity (Wildman–Crippen MR) is 83.7 cm³/mol. The first-order valence-electron chi connectivity index (χ1n) is 7.73. The van der Waals surface area contributed by atoms with Crippen LogP contribution < -0.4 is 0 Å².